The third-order valence-corrected chi connectivity index (χ3v) is 9.29. The van der Waals surface area contributed by atoms with Gasteiger partial charge in [0.15, 0.2) is 5.82 Å². The van der Waals surface area contributed by atoms with Gasteiger partial charge >= 0.3 is 0 Å². The predicted molar refractivity (Wildman–Crippen MR) is 173 cm³/mol. The van der Waals surface area contributed by atoms with Crippen molar-refractivity contribution in [3.05, 3.63) is 144 Å². The zero-order valence-corrected chi connectivity index (χ0v) is 23.8. The minimum absolute atomic E-state index is 0.0209. The van der Waals surface area contributed by atoms with Crippen molar-refractivity contribution in [1.29, 1.82) is 5.26 Å². The zero-order chi connectivity index (χ0) is 28.8. The minimum Gasteiger partial charge on any atom is -0.228 e. The summed E-state index contributed by atoms with van der Waals surface area (Å²) in [6.07, 6.45) is 4.73. The normalized spacial score (nSPS) is 14.3. The van der Waals surface area contributed by atoms with Crippen molar-refractivity contribution in [2.75, 3.05) is 0 Å². The first-order valence-electron chi connectivity index (χ1n) is 15.0. The number of nitriles is 1. The van der Waals surface area contributed by atoms with E-state index in [1.807, 2.05) is 42.5 Å². The lowest BCUT2D eigenvalue weighted by Gasteiger charge is -2.27. The first kappa shape index (κ1) is 25.4. The summed E-state index contributed by atoms with van der Waals surface area (Å²) in [7, 11) is 0. The smallest absolute Gasteiger partial charge is 0.160 e. The average Bonchev–Trinajstić information content (AvgIpc) is 3.69. The lowest BCUT2D eigenvalue weighted by Crippen LogP contribution is -2.20. The van der Waals surface area contributed by atoms with E-state index in [0.717, 1.165) is 52.3 Å². The fraction of sp³-hybridized carbons (Fsp3) is 0.125. The van der Waals surface area contributed by atoms with Gasteiger partial charge in [-0.05, 0) is 70.5 Å². The van der Waals surface area contributed by atoms with Crippen molar-refractivity contribution in [3.8, 4) is 62.2 Å². The van der Waals surface area contributed by atoms with Crippen LogP contribution in [-0.4, -0.2) is 9.97 Å². The molecule has 0 amide bonds. The molecule has 3 heteroatoms. The van der Waals surface area contributed by atoms with E-state index >= 15 is 0 Å². The molecule has 0 aliphatic heterocycles. The highest BCUT2D eigenvalue weighted by Crippen LogP contribution is 2.57. The number of fused-ring (bicyclic) bond motifs is 5. The Bertz CT molecular complexity index is 1960. The highest BCUT2D eigenvalue weighted by atomic mass is 14.9. The summed E-state index contributed by atoms with van der Waals surface area (Å²) in [6, 6.07) is 46.9. The van der Waals surface area contributed by atoms with Crippen molar-refractivity contribution in [2.24, 2.45) is 0 Å². The van der Waals surface area contributed by atoms with Crippen LogP contribution < -0.4 is 0 Å². The van der Waals surface area contributed by atoms with Gasteiger partial charge in [0.1, 0.15) is 0 Å². The Labute approximate surface area is 252 Å². The second-order valence-corrected chi connectivity index (χ2v) is 11.7. The van der Waals surface area contributed by atoms with Crippen LogP contribution in [0.5, 0.6) is 0 Å². The molecule has 0 saturated heterocycles. The zero-order valence-electron chi connectivity index (χ0n) is 23.8. The van der Waals surface area contributed by atoms with E-state index in [2.05, 4.69) is 91.0 Å². The molecule has 0 radical (unpaired) electrons. The van der Waals surface area contributed by atoms with Crippen molar-refractivity contribution in [2.45, 2.75) is 31.1 Å². The Balaban J connectivity index is 1.18. The van der Waals surface area contributed by atoms with Crippen LogP contribution in [0.4, 0.5) is 0 Å². The molecule has 8 rings (SSSR count). The molecular weight excluding hydrogens is 522 g/mol. The van der Waals surface area contributed by atoms with Gasteiger partial charge in [0, 0.05) is 22.1 Å². The molecule has 6 aromatic rings. The molecule has 3 nitrogen and oxygen atoms in total. The van der Waals surface area contributed by atoms with E-state index in [-0.39, 0.29) is 5.41 Å². The summed E-state index contributed by atoms with van der Waals surface area (Å²) in [5, 5.41) is 9.60. The molecule has 204 valence electrons. The summed E-state index contributed by atoms with van der Waals surface area (Å²) in [5.41, 5.74) is 13.5. The summed E-state index contributed by atoms with van der Waals surface area (Å²) < 4.78 is 0. The predicted octanol–water partition coefficient (Wildman–Crippen LogP) is 9.86. The highest BCUT2D eigenvalue weighted by Gasteiger charge is 2.45. The van der Waals surface area contributed by atoms with Crippen LogP contribution in [0.3, 0.4) is 0 Å². The second kappa shape index (κ2) is 10.2. The van der Waals surface area contributed by atoms with E-state index in [1.54, 1.807) is 0 Å². The molecule has 1 spiro atoms. The lowest BCUT2D eigenvalue weighted by molar-refractivity contribution is 0.550. The van der Waals surface area contributed by atoms with Crippen LogP contribution in [0, 0.1) is 11.3 Å². The first-order valence-corrected chi connectivity index (χ1v) is 15.0. The van der Waals surface area contributed by atoms with E-state index in [1.165, 1.54) is 46.2 Å². The summed E-state index contributed by atoms with van der Waals surface area (Å²) in [4.78, 5) is 10.0. The van der Waals surface area contributed by atoms with Gasteiger partial charge in [-0.25, -0.2) is 9.97 Å². The Morgan fingerprint density at radius 2 is 1.05 bits per heavy atom. The van der Waals surface area contributed by atoms with Crippen LogP contribution in [-0.2, 0) is 5.41 Å². The number of benzene rings is 5. The van der Waals surface area contributed by atoms with Crippen LogP contribution >= 0.6 is 0 Å². The highest BCUT2D eigenvalue weighted by molar-refractivity contribution is 5.85. The average molecular weight is 552 g/mol. The largest absolute Gasteiger partial charge is 0.228 e. The molecule has 5 aromatic carbocycles. The first-order chi connectivity index (χ1) is 21.2. The van der Waals surface area contributed by atoms with E-state index in [4.69, 9.17) is 9.97 Å². The molecule has 0 N–H and O–H groups in total. The summed E-state index contributed by atoms with van der Waals surface area (Å²) in [6.45, 7) is 0. The Kier molecular flexibility index (Phi) is 6.02. The van der Waals surface area contributed by atoms with Gasteiger partial charge in [-0.15, -0.1) is 0 Å². The maximum absolute atomic E-state index is 9.60. The fourth-order valence-corrected chi connectivity index (χ4v) is 7.16. The minimum atomic E-state index is 0.0209. The lowest BCUT2D eigenvalue weighted by atomic mass is 9.76. The van der Waals surface area contributed by atoms with Gasteiger partial charge < -0.3 is 0 Å². The van der Waals surface area contributed by atoms with E-state index in [0.29, 0.717) is 0 Å². The van der Waals surface area contributed by atoms with Crippen molar-refractivity contribution in [1.82, 2.24) is 9.97 Å². The van der Waals surface area contributed by atoms with Gasteiger partial charge in [0.25, 0.3) is 0 Å². The third-order valence-electron chi connectivity index (χ3n) is 9.29. The van der Waals surface area contributed by atoms with Gasteiger partial charge in [-0.3, -0.25) is 0 Å². The van der Waals surface area contributed by atoms with Crippen LogP contribution in [0.1, 0.15) is 42.4 Å². The number of aromatic nitrogens is 2. The number of hydrogen-bond donors (Lipinski definition) is 0. The van der Waals surface area contributed by atoms with Crippen molar-refractivity contribution in [3.63, 3.8) is 0 Å². The quantitative estimate of drug-likeness (QED) is 0.219. The molecule has 2 aliphatic carbocycles. The maximum Gasteiger partial charge on any atom is 0.160 e. The number of hydrogen-bond acceptors (Lipinski definition) is 3. The SMILES string of the molecule is N#Cc1ccc2c(c1)C1(CCCC1)c1cc(-c3ccc(-c4nc(-c5ccccc5)cc(-c5ccccc5)n4)cc3)ccc1-2. The van der Waals surface area contributed by atoms with Gasteiger partial charge in [-0.1, -0.05) is 116 Å². The standard InChI is InChI=1S/C40H29N3/c41-26-27-13-19-33-34-20-18-32(24-36(34)40(35(33)23-27)21-7-8-22-40)28-14-16-31(17-15-28)39-42-37(29-9-3-1-4-10-29)25-38(43-39)30-11-5-2-6-12-30/h1-6,9-20,23-25H,7-8,21-22H2. The second-order valence-electron chi connectivity index (χ2n) is 11.7. The molecule has 0 unspecified atom stereocenters. The van der Waals surface area contributed by atoms with Crippen molar-refractivity contribution < 1.29 is 0 Å². The molecule has 1 aromatic heterocycles. The Morgan fingerprint density at radius 3 is 1.65 bits per heavy atom. The van der Waals surface area contributed by atoms with Crippen LogP contribution in [0.2, 0.25) is 0 Å². The molecule has 1 fully saturated rings. The van der Waals surface area contributed by atoms with Gasteiger partial charge in [0.05, 0.1) is 23.0 Å². The molecular formula is C40H29N3. The number of rotatable bonds is 4. The fourth-order valence-electron chi connectivity index (χ4n) is 7.16. The summed E-state index contributed by atoms with van der Waals surface area (Å²) >= 11 is 0. The molecule has 1 heterocycles. The van der Waals surface area contributed by atoms with Gasteiger partial charge in [-0.2, -0.15) is 5.26 Å². The summed E-state index contributed by atoms with van der Waals surface area (Å²) in [5.74, 6) is 0.717. The molecule has 1 saturated carbocycles. The van der Waals surface area contributed by atoms with Crippen molar-refractivity contribution >= 4 is 0 Å². The molecule has 0 bridgehead atoms. The Hall–Kier alpha value is -5.33. The topological polar surface area (TPSA) is 49.6 Å². The maximum atomic E-state index is 9.60. The van der Waals surface area contributed by atoms with Crippen LogP contribution in [0.15, 0.2) is 127 Å². The van der Waals surface area contributed by atoms with Gasteiger partial charge in [0.2, 0.25) is 0 Å². The monoisotopic (exact) mass is 551 g/mol. The third kappa shape index (κ3) is 4.26. The van der Waals surface area contributed by atoms with Crippen LogP contribution in [0.25, 0.3) is 56.2 Å². The Morgan fingerprint density at radius 1 is 0.512 bits per heavy atom. The molecule has 0 atom stereocenters. The molecule has 2 aliphatic rings. The molecule has 43 heavy (non-hydrogen) atoms. The number of nitrogens with zero attached hydrogens (tertiary/aromatic N) is 3. The van der Waals surface area contributed by atoms with E-state index < -0.39 is 0 Å². The van der Waals surface area contributed by atoms with E-state index in [9.17, 15) is 5.26 Å².